The van der Waals surface area contributed by atoms with Crippen LogP contribution in [0.4, 0.5) is 4.79 Å². The number of carbonyl (C=O) groups excluding carboxylic acids is 1. The van der Waals surface area contributed by atoms with Gasteiger partial charge in [-0.25, -0.2) is 4.79 Å². The van der Waals surface area contributed by atoms with E-state index in [4.69, 9.17) is 0 Å². The maximum absolute atomic E-state index is 11.2. The number of methoxy groups -OCH3 is 1. The molecule has 3 aromatic carbocycles. The third-order valence-electron chi connectivity index (χ3n) is 5.47. The van der Waals surface area contributed by atoms with E-state index in [1.165, 1.54) is 23.0 Å². The van der Waals surface area contributed by atoms with E-state index in [1.807, 2.05) is 0 Å². The van der Waals surface area contributed by atoms with Gasteiger partial charge in [0.25, 0.3) is 0 Å². The van der Waals surface area contributed by atoms with Gasteiger partial charge in [-0.05, 0) is 55.7 Å². The molecule has 0 unspecified atom stereocenters. The molecule has 0 bridgehead atoms. The first-order valence-electron chi connectivity index (χ1n) is 10.6. The van der Waals surface area contributed by atoms with Gasteiger partial charge in [0.1, 0.15) is 23.2 Å². The highest BCUT2D eigenvalue weighted by Gasteiger charge is 2.44. The first-order valence-corrected chi connectivity index (χ1v) is 12.6. The number of unbranched alkanes of at least 4 members (excludes halogenated alkanes) is 3. The maximum Gasteiger partial charge on any atom is 0.406 e. The molecule has 0 radical (unpaired) electrons. The Morgan fingerprint density at radius 3 is 1.55 bits per heavy atom. The number of halogens is 1. The number of ether oxygens (including phenoxy) is 1. The number of carbonyl (C=O) groups is 1. The molecule has 1 N–H and O–H groups in total. The standard InChI is InChI=1S/C26H30NO2P.BrH/c1-29-26(28)27-21-13-2-3-14-22-30(23-15-7-4-8-16-23,24-17-9-5-10-18-24)25-19-11-6-12-20-25;/h4-12,15-20H,2-3,13-14,21-22H2,1H3;1H. The Morgan fingerprint density at radius 1 is 0.710 bits per heavy atom. The molecule has 0 aromatic heterocycles. The fraction of sp³-hybridized carbons (Fsp3) is 0.269. The van der Waals surface area contributed by atoms with E-state index >= 15 is 0 Å². The van der Waals surface area contributed by atoms with Crippen LogP contribution in [0.2, 0.25) is 0 Å². The van der Waals surface area contributed by atoms with E-state index in [9.17, 15) is 4.79 Å². The Morgan fingerprint density at radius 2 is 1.13 bits per heavy atom. The molecule has 0 aliphatic carbocycles. The second-order valence-electron chi connectivity index (χ2n) is 7.37. The second kappa shape index (κ2) is 13.3. The van der Waals surface area contributed by atoms with Gasteiger partial charge in [0, 0.05) is 6.54 Å². The molecular weight excluding hydrogens is 469 g/mol. The molecule has 5 heteroatoms. The summed E-state index contributed by atoms with van der Waals surface area (Å²) in [5.74, 6) is 0. The predicted molar refractivity (Wildman–Crippen MR) is 129 cm³/mol. The number of benzene rings is 3. The lowest BCUT2D eigenvalue weighted by atomic mass is 10.2. The molecule has 0 saturated carbocycles. The summed E-state index contributed by atoms with van der Waals surface area (Å²) >= 11 is 0. The van der Waals surface area contributed by atoms with Gasteiger partial charge in [0.05, 0.1) is 13.3 Å². The Bertz CT molecular complexity index is 794. The zero-order valence-electron chi connectivity index (χ0n) is 18.0. The molecule has 1 amide bonds. The number of hydrogen-bond donors (Lipinski definition) is 1. The SMILES string of the molecule is COC(=O)NCCCCCC[P+](c1ccccc1)(c1ccccc1)c1ccccc1.[Br-]. The van der Waals surface area contributed by atoms with E-state index in [0.29, 0.717) is 6.54 Å². The summed E-state index contributed by atoms with van der Waals surface area (Å²) in [5.41, 5.74) is 0. The van der Waals surface area contributed by atoms with E-state index in [1.54, 1.807) is 0 Å². The summed E-state index contributed by atoms with van der Waals surface area (Å²) in [6.45, 7) is 0.670. The van der Waals surface area contributed by atoms with E-state index < -0.39 is 7.26 Å². The van der Waals surface area contributed by atoms with Gasteiger partial charge in [-0.2, -0.15) is 0 Å². The van der Waals surface area contributed by atoms with Gasteiger partial charge < -0.3 is 27.0 Å². The fourth-order valence-corrected chi connectivity index (χ4v) is 8.38. The Hall–Kier alpha value is -2.16. The van der Waals surface area contributed by atoms with Crippen LogP contribution >= 0.6 is 7.26 Å². The van der Waals surface area contributed by atoms with Crippen LogP contribution in [0.3, 0.4) is 0 Å². The zero-order chi connectivity index (χ0) is 21.1. The minimum atomic E-state index is -1.72. The minimum absolute atomic E-state index is 0. The summed E-state index contributed by atoms with van der Waals surface area (Å²) in [7, 11) is -0.321. The average molecular weight is 500 g/mol. The summed E-state index contributed by atoms with van der Waals surface area (Å²) in [6.07, 6.45) is 5.18. The topological polar surface area (TPSA) is 38.3 Å². The Kier molecular flexibility index (Phi) is 10.8. The van der Waals surface area contributed by atoms with Crippen molar-refractivity contribution in [3.8, 4) is 0 Å². The molecule has 164 valence electrons. The molecule has 3 rings (SSSR count). The largest absolute Gasteiger partial charge is 1.00 e. The highest BCUT2D eigenvalue weighted by atomic mass is 79.9. The highest BCUT2D eigenvalue weighted by Crippen LogP contribution is 2.55. The molecule has 0 fully saturated rings. The van der Waals surface area contributed by atoms with Crippen molar-refractivity contribution in [2.24, 2.45) is 0 Å². The molecule has 0 saturated heterocycles. The van der Waals surface area contributed by atoms with Crippen LogP contribution in [0.25, 0.3) is 0 Å². The first-order chi connectivity index (χ1) is 14.8. The fourth-order valence-electron chi connectivity index (χ4n) is 3.97. The van der Waals surface area contributed by atoms with Crippen LogP contribution in [-0.4, -0.2) is 25.9 Å². The molecule has 0 aliphatic rings. The van der Waals surface area contributed by atoms with Gasteiger partial charge >= 0.3 is 6.09 Å². The van der Waals surface area contributed by atoms with Crippen molar-refractivity contribution >= 4 is 29.3 Å². The van der Waals surface area contributed by atoms with Crippen molar-refractivity contribution < 1.29 is 26.5 Å². The van der Waals surface area contributed by atoms with Gasteiger partial charge in [-0.1, -0.05) is 61.0 Å². The minimum Gasteiger partial charge on any atom is -1.00 e. The van der Waals surface area contributed by atoms with Gasteiger partial charge in [-0.3, -0.25) is 0 Å². The lowest BCUT2D eigenvalue weighted by molar-refractivity contribution is -0.0000112. The number of amides is 1. The third-order valence-corrected chi connectivity index (χ3v) is 9.99. The van der Waals surface area contributed by atoms with Crippen molar-refractivity contribution in [2.75, 3.05) is 19.8 Å². The summed E-state index contributed by atoms with van der Waals surface area (Å²) in [6, 6.07) is 33.1. The number of nitrogens with one attached hydrogen (secondary N) is 1. The number of hydrogen-bond acceptors (Lipinski definition) is 2. The van der Waals surface area contributed by atoms with E-state index in [-0.39, 0.29) is 23.1 Å². The average Bonchev–Trinajstić information content (AvgIpc) is 2.82. The van der Waals surface area contributed by atoms with Crippen LogP contribution in [-0.2, 0) is 4.74 Å². The molecule has 3 aromatic rings. The Balaban J connectivity index is 0.00000341. The lowest BCUT2D eigenvalue weighted by Crippen LogP contribution is -3.00. The van der Waals surface area contributed by atoms with Crippen molar-refractivity contribution in [3.63, 3.8) is 0 Å². The molecule has 0 atom stereocenters. The molecular formula is C26H31BrNO2P. The van der Waals surface area contributed by atoms with Gasteiger partial charge in [0.2, 0.25) is 0 Å². The second-order valence-corrected chi connectivity index (χ2v) is 11.0. The van der Waals surface area contributed by atoms with Crippen LogP contribution in [0.1, 0.15) is 25.7 Å². The van der Waals surface area contributed by atoms with Crippen molar-refractivity contribution in [1.29, 1.82) is 0 Å². The Labute approximate surface area is 197 Å². The summed E-state index contributed by atoms with van der Waals surface area (Å²) < 4.78 is 4.62. The van der Waals surface area contributed by atoms with Crippen molar-refractivity contribution in [1.82, 2.24) is 5.32 Å². The van der Waals surface area contributed by atoms with Crippen LogP contribution < -0.4 is 38.2 Å². The third kappa shape index (κ3) is 6.66. The van der Waals surface area contributed by atoms with Crippen LogP contribution in [0.5, 0.6) is 0 Å². The first kappa shape index (κ1) is 25.1. The molecule has 0 heterocycles. The normalized spacial score (nSPS) is 10.7. The van der Waals surface area contributed by atoms with Gasteiger partial charge in [0.15, 0.2) is 0 Å². The predicted octanol–water partition coefficient (Wildman–Crippen LogP) is 1.90. The summed E-state index contributed by atoms with van der Waals surface area (Å²) in [5, 5.41) is 7.08. The molecule has 0 spiro atoms. The number of rotatable bonds is 10. The highest BCUT2D eigenvalue weighted by molar-refractivity contribution is 7.95. The van der Waals surface area contributed by atoms with Crippen molar-refractivity contribution in [2.45, 2.75) is 25.7 Å². The maximum atomic E-state index is 11.2. The lowest BCUT2D eigenvalue weighted by Gasteiger charge is -2.27. The number of alkyl carbamates (subject to hydrolysis) is 1. The van der Waals surface area contributed by atoms with Crippen LogP contribution in [0, 0.1) is 0 Å². The van der Waals surface area contributed by atoms with Crippen LogP contribution in [0.15, 0.2) is 91.0 Å². The summed E-state index contributed by atoms with van der Waals surface area (Å²) in [4.78, 5) is 11.2. The van der Waals surface area contributed by atoms with Crippen molar-refractivity contribution in [3.05, 3.63) is 91.0 Å². The molecule has 31 heavy (non-hydrogen) atoms. The van der Waals surface area contributed by atoms with E-state index in [0.717, 1.165) is 31.8 Å². The monoisotopic (exact) mass is 499 g/mol. The quantitative estimate of drug-likeness (QED) is 0.341. The smallest absolute Gasteiger partial charge is 0.406 e. The molecule has 0 aliphatic heterocycles. The molecule has 3 nitrogen and oxygen atoms in total. The van der Waals surface area contributed by atoms with E-state index in [2.05, 4.69) is 101 Å². The zero-order valence-corrected chi connectivity index (χ0v) is 20.5. The van der Waals surface area contributed by atoms with Gasteiger partial charge in [-0.15, -0.1) is 0 Å².